The van der Waals surface area contributed by atoms with Crippen LogP contribution in [0.3, 0.4) is 0 Å². The number of hydrogen-bond acceptors (Lipinski definition) is 3. The second-order valence-corrected chi connectivity index (χ2v) is 5.90. The van der Waals surface area contributed by atoms with Crippen LogP contribution in [0.25, 0.3) is 0 Å². The van der Waals surface area contributed by atoms with Crippen LogP contribution in [0.4, 0.5) is 5.69 Å². The summed E-state index contributed by atoms with van der Waals surface area (Å²) < 4.78 is 5.14. The van der Waals surface area contributed by atoms with Crippen molar-refractivity contribution in [2.24, 2.45) is 0 Å². The Morgan fingerprint density at radius 1 is 1.22 bits per heavy atom. The Morgan fingerprint density at radius 3 is 2.70 bits per heavy atom. The fourth-order valence-corrected chi connectivity index (χ4v) is 3.09. The number of amides is 1. The maximum Gasteiger partial charge on any atom is 0.241 e. The molecule has 1 heterocycles. The van der Waals surface area contributed by atoms with Gasteiger partial charge in [0.15, 0.2) is 0 Å². The summed E-state index contributed by atoms with van der Waals surface area (Å²) in [7, 11) is 1.65. The van der Waals surface area contributed by atoms with Crippen LogP contribution in [0.1, 0.15) is 18.1 Å². The lowest BCUT2D eigenvalue weighted by Crippen LogP contribution is -2.41. The van der Waals surface area contributed by atoms with Crippen LogP contribution in [-0.2, 0) is 17.8 Å². The number of rotatable bonds is 5. The van der Waals surface area contributed by atoms with E-state index in [4.69, 9.17) is 4.74 Å². The first kappa shape index (κ1) is 15.6. The van der Waals surface area contributed by atoms with Crippen LogP contribution in [0, 0.1) is 0 Å². The Bertz CT molecular complexity index is 682. The van der Waals surface area contributed by atoms with Gasteiger partial charge in [-0.2, -0.15) is 0 Å². The van der Waals surface area contributed by atoms with Crippen LogP contribution in [-0.4, -0.2) is 25.6 Å². The van der Waals surface area contributed by atoms with Crippen LogP contribution >= 0.6 is 0 Å². The third kappa shape index (κ3) is 3.37. The first-order valence-corrected chi connectivity index (χ1v) is 7.92. The fourth-order valence-electron chi connectivity index (χ4n) is 3.09. The third-order valence-corrected chi connectivity index (χ3v) is 4.24. The fraction of sp³-hybridized carbons (Fsp3) is 0.316. The molecule has 1 aliphatic rings. The Kier molecular flexibility index (Phi) is 4.63. The highest BCUT2D eigenvalue weighted by molar-refractivity contribution is 5.97. The van der Waals surface area contributed by atoms with Gasteiger partial charge < -0.3 is 15.0 Å². The van der Waals surface area contributed by atoms with Gasteiger partial charge >= 0.3 is 0 Å². The highest BCUT2D eigenvalue weighted by Crippen LogP contribution is 2.31. The molecule has 3 rings (SSSR count). The number of carbonyl (C=O) groups excluding carboxylic acids is 1. The number of nitrogens with zero attached hydrogens (tertiary/aromatic N) is 1. The van der Waals surface area contributed by atoms with E-state index in [0.29, 0.717) is 13.1 Å². The largest absolute Gasteiger partial charge is 0.497 e. The molecule has 1 atom stereocenters. The van der Waals surface area contributed by atoms with Gasteiger partial charge in [0.2, 0.25) is 5.91 Å². The van der Waals surface area contributed by atoms with E-state index in [-0.39, 0.29) is 11.9 Å². The van der Waals surface area contributed by atoms with E-state index in [1.807, 2.05) is 47.4 Å². The molecular formula is C19H22N2O2. The van der Waals surface area contributed by atoms with Gasteiger partial charge in [-0.3, -0.25) is 4.79 Å². The van der Waals surface area contributed by atoms with Crippen molar-refractivity contribution >= 4 is 11.6 Å². The molecule has 4 heteroatoms. The summed E-state index contributed by atoms with van der Waals surface area (Å²) in [6.07, 6.45) is 0.931. The van der Waals surface area contributed by atoms with Gasteiger partial charge in [0, 0.05) is 18.3 Å². The SMILES string of the molecule is COc1ccc(CNCC(=O)N2c3ccccc3CC2C)cc1. The summed E-state index contributed by atoms with van der Waals surface area (Å²) in [5.74, 6) is 0.961. The summed E-state index contributed by atoms with van der Waals surface area (Å²) >= 11 is 0. The van der Waals surface area contributed by atoms with Crippen LogP contribution in [0.2, 0.25) is 0 Å². The van der Waals surface area contributed by atoms with Crippen molar-refractivity contribution < 1.29 is 9.53 Å². The smallest absolute Gasteiger partial charge is 0.241 e. The minimum Gasteiger partial charge on any atom is -0.497 e. The number of para-hydroxylation sites is 1. The average molecular weight is 310 g/mol. The van der Waals surface area contributed by atoms with Crippen molar-refractivity contribution in [3.63, 3.8) is 0 Å². The topological polar surface area (TPSA) is 41.6 Å². The van der Waals surface area contributed by atoms with E-state index in [9.17, 15) is 4.79 Å². The molecule has 0 aliphatic carbocycles. The molecule has 0 spiro atoms. The maximum absolute atomic E-state index is 12.6. The van der Waals surface area contributed by atoms with Gasteiger partial charge in [-0.15, -0.1) is 0 Å². The van der Waals surface area contributed by atoms with Crippen molar-refractivity contribution in [1.82, 2.24) is 5.32 Å². The molecular weight excluding hydrogens is 288 g/mol. The predicted octanol–water partition coefficient (Wildman–Crippen LogP) is 2.76. The lowest BCUT2D eigenvalue weighted by atomic mass is 10.1. The van der Waals surface area contributed by atoms with Crippen molar-refractivity contribution in [2.75, 3.05) is 18.6 Å². The monoisotopic (exact) mass is 310 g/mol. The van der Waals surface area contributed by atoms with Crippen molar-refractivity contribution in [3.05, 3.63) is 59.7 Å². The molecule has 23 heavy (non-hydrogen) atoms. The second kappa shape index (κ2) is 6.84. The summed E-state index contributed by atoms with van der Waals surface area (Å²) in [6, 6.07) is 16.2. The molecule has 4 nitrogen and oxygen atoms in total. The van der Waals surface area contributed by atoms with Gasteiger partial charge in [0.05, 0.1) is 13.7 Å². The molecule has 0 aromatic heterocycles. The molecule has 120 valence electrons. The summed E-state index contributed by atoms with van der Waals surface area (Å²) in [4.78, 5) is 14.5. The van der Waals surface area contributed by atoms with E-state index in [1.54, 1.807) is 7.11 Å². The zero-order chi connectivity index (χ0) is 16.2. The van der Waals surface area contributed by atoms with E-state index in [2.05, 4.69) is 18.3 Å². The van der Waals surface area contributed by atoms with Gasteiger partial charge in [-0.25, -0.2) is 0 Å². The van der Waals surface area contributed by atoms with Crippen LogP contribution in [0.5, 0.6) is 5.75 Å². The molecule has 1 amide bonds. The molecule has 0 radical (unpaired) electrons. The first-order chi connectivity index (χ1) is 11.2. The highest BCUT2D eigenvalue weighted by atomic mass is 16.5. The molecule has 0 fully saturated rings. The number of hydrogen-bond donors (Lipinski definition) is 1. The molecule has 1 unspecified atom stereocenters. The molecule has 2 aromatic carbocycles. The first-order valence-electron chi connectivity index (χ1n) is 7.92. The lowest BCUT2D eigenvalue weighted by Gasteiger charge is -2.23. The standard InChI is InChI=1S/C19H22N2O2/c1-14-11-16-5-3-4-6-18(16)21(14)19(22)13-20-12-15-7-9-17(23-2)10-8-15/h3-10,14,20H,11-13H2,1-2H3. The summed E-state index contributed by atoms with van der Waals surface area (Å²) in [5, 5.41) is 3.24. The number of carbonyl (C=O) groups is 1. The minimum atomic E-state index is 0.121. The van der Waals surface area contributed by atoms with Crippen molar-refractivity contribution in [2.45, 2.75) is 25.9 Å². The average Bonchev–Trinajstić information content (AvgIpc) is 2.91. The highest BCUT2D eigenvalue weighted by Gasteiger charge is 2.29. The lowest BCUT2D eigenvalue weighted by molar-refractivity contribution is -0.118. The van der Waals surface area contributed by atoms with E-state index < -0.39 is 0 Å². The van der Waals surface area contributed by atoms with Gasteiger partial charge in [-0.05, 0) is 42.7 Å². The summed E-state index contributed by atoms with van der Waals surface area (Å²) in [5.41, 5.74) is 3.44. The van der Waals surface area contributed by atoms with E-state index in [1.165, 1.54) is 5.56 Å². The van der Waals surface area contributed by atoms with Crippen molar-refractivity contribution in [1.29, 1.82) is 0 Å². The van der Waals surface area contributed by atoms with Crippen LogP contribution in [0.15, 0.2) is 48.5 Å². The molecule has 1 N–H and O–H groups in total. The number of nitrogens with one attached hydrogen (secondary N) is 1. The van der Waals surface area contributed by atoms with Gasteiger partial charge in [0.1, 0.15) is 5.75 Å². The number of anilines is 1. The van der Waals surface area contributed by atoms with E-state index in [0.717, 1.165) is 23.4 Å². The zero-order valence-corrected chi connectivity index (χ0v) is 13.6. The number of ether oxygens (including phenoxy) is 1. The Balaban J connectivity index is 1.57. The van der Waals surface area contributed by atoms with Gasteiger partial charge in [0.25, 0.3) is 0 Å². The molecule has 0 saturated carbocycles. The zero-order valence-electron chi connectivity index (χ0n) is 13.6. The Labute approximate surface area is 137 Å². The van der Waals surface area contributed by atoms with Crippen LogP contribution < -0.4 is 15.0 Å². The molecule has 2 aromatic rings. The third-order valence-electron chi connectivity index (χ3n) is 4.24. The normalized spacial score (nSPS) is 16.3. The maximum atomic E-state index is 12.6. The Hall–Kier alpha value is -2.33. The second-order valence-electron chi connectivity index (χ2n) is 5.90. The van der Waals surface area contributed by atoms with Gasteiger partial charge in [-0.1, -0.05) is 30.3 Å². The Morgan fingerprint density at radius 2 is 1.96 bits per heavy atom. The quantitative estimate of drug-likeness (QED) is 0.923. The number of benzene rings is 2. The van der Waals surface area contributed by atoms with Crippen molar-refractivity contribution in [3.8, 4) is 5.75 Å². The number of methoxy groups -OCH3 is 1. The van der Waals surface area contributed by atoms with E-state index >= 15 is 0 Å². The molecule has 1 aliphatic heterocycles. The molecule has 0 bridgehead atoms. The number of fused-ring (bicyclic) bond motifs is 1. The predicted molar refractivity (Wildman–Crippen MR) is 91.8 cm³/mol. The molecule has 0 saturated heterocycles. The minimum absolute atomic E-state index is 0.121. The summed E-state index contributed by atoms with van der Waals surface area (Å²) in [6.45, 7) is 3.10.